The van der Waals surface area contributed by atoms with E-state index in [1.807, 2.05) is 18.2 Å². The Labute approximate surface area is 466 Å². The van der Waals surface area contributed by atoms with Crippen LogP contribution in [0.2, 0.25) is 0 Å². The van der Waals surface area contributed by atoms with Crippen LogP contribution in [0.3, 0.4) is 0 Å². The average molecular weight is 1070 g/mol. The lowest BCUT2D eigenvalue weighted by Gasteiger charge is -2.41. The summed E-state index contributed by atoms with van der Waals surface area (Å²) in [4.78, 5) is 26.5. The summed E-state index contributed by atoms with van der Waals surface area (Å²) in [5, 5.41) is 56.9. The van der Waals surface area contributed by atoms with Gasteiger partial charge in [-0.2, -0.15) is 0 Å². The van der Waals surface area contributed by atoms with Crippen LogP contribution in [0.1, 0.15) is 290 Å². The van der Waals surface area contributed by atoms with Crippen molar-refractivity contribution in [2.75, 3.05) is 13.2 Å². The lowest BCUT2D eigenvalue weighted by atomic mass is 9.99. The molecule has 1 heterocycles. The van der Waals surface area contributed by atoms with E-state index >= 15 is 0 Å². The third kappa shape index (κ3) is 40.8. The fraction of sp³-hybridized carbons (Fsp3) is 0.846. The number of hydrogen-bond donors (Lipinski definition) is 6. The quantitative estimate of drug-likeness (QED) is 0.0195. The Bertz CT molecular complexity index is 1420. The number of aliphatic hydroxyl groups excluding tert-OH is 5. The van der Waals surface area contributed by atoms with Crippen LogP contribution in [0.4, 0.5) is 0 Å². The van der Waals surface area contributed by atoms with Crippen molar-refractivity contribution in [3.05, 3.63) is 48.6 Å². The largest absolute Gasteiger partial charge is 0.454 e. The highest BCUT2D eigenvalue weighted by atomic mass is 16.7. The lowest BCUT2D eigenvalue weighted by Crippen LogP contribution is -2.61. The second-order valence-corrected chi connectivity index (χ2v) is 22.1. The number of ether oxygens (including phenoxy) is 3. The van der Waals surface area contributed by atoms with Gasteiger partial charge >= 0.3 is 5.97 Å². The van der Waals surface area contributed by atoms with Crippen LogP contribution in [0, 0.1) is 0 Å². The average Bonchev–Trinajstić information content (AvgIpc) is 3.42. The molecule has 0 bridgehead atoms. The van der Waals surface area contributed by atoms with Gasteiger partial charge in [-0.25, -0.2) is 0 Å². The summed E-state index contributed by atoms with van der Waals surface area (Å²) < 4.78 is 17.5. The zero-order valence-electron chi connectivity index (χ0n) is 49.1. The Morgan fingerprint density at radius 1 is 0.513 bits per heavy atom. The van der Waals surface area contributed by atoms with Gasteiger partial charge < -0.3 is 45.1 Å². The third-order valence-electron chi connectivity index (χ3n) is 15.0. The highest BCUT2D eigenvalue weighted by molar-refractivity contribution is 5.80. The SMILES string of the molecule is CCCCCCCC/C=C\C/C=C/CCC(=O)OC1C(OCC(NC(=O)C(O)CCCCCCCCCCCCCC/C=C/CCCCCCCC)C(O)/C=C/CCCCCCCCCCCC)OC(CO)C(O)C1O. The van der Waals surface area contributed by atoms with Crippen molar-refractivity contribution in [1.82, 2.24) is 5.32 Å². The normalized spacial score (nSPS) is 19.4. The van der Waals surface area contributed by atoms with Gasteiger partial charge in [0.15, 0.2) is 12.4 Å². The molecule has 1 aliphatic heterocycles. The summed E-state index contributed by atoms with van der Waals surface area (Å²) in [7, 11) is 0. The van der Waals surface area contributed by atoms with Crippen molar-refractivity contribution in [3.63, 3.8) is 0 Å². The van der Waals surface area contributed by atoms with Crippen LogP contribution >= 0.6 is 0 Å². The Morgan fingerprint density at radius 2 is 0.908 bits per heavy atom. The predicted molar refractivity (Wildman–Crippen MR) is 315 cm³/mol. The van der Waals surface area contributed by atoms with E-state index in [9.17, 15) is 35.1 Å². The van der Waals surface area contributed by atoms with Gasteiger partial charge in [-0.05, 0) is 70.6 Å². The summed E-state index contributed by atoms with van der Waals surface area (Å²) in [6.07, 6.45) is 54.6. The molecule has 444 valence electrons. The molecular formula is C65H119NO10. The van der Waals surface area contributed by atoms with E-state index in [0.29, 0.717) is 12.8 Å². The first kappa shape index (κ1) is 71.6. The smallest absolute Gasteiger partial charge is 0.306 e. The fourth-order valence-corrected chi connectivity index (χ4v) is 9.88. The summed E-state index contributed by atoms with van der Waals surface area (Å²) in [5.41, 5.74) is 0. The zero-order valence-corrected chi connectivity index (χ0v) is 49.1. The number of allylic oxidation sites excluding steroid dienone is 7. The number of nitrogens with one attached hydrogen (secondary N) is 1. The molecule has 0 aromatic rings. The van der Waals surface area contributed by atoms with E-state index in [1.165, 1.54) is 193 Å². The van der Waals surface area contributed by atoms with Crippen molar-refractivity contribution in [2.24, 2.45) is 0 Å². The van der Waals surface area contributed by atoms with Gasteiger partial charge in [-0.15, -0.1) is 0 Å². The minimum atomic E-state index is -1.63. The number of amides is 1. The van der Waals surface area contributed by atoms with Crippen molar-refractivity contribution in [3.8, 4) is 0 Å². The molecule has 1 fully saturated rings. The first-order chi connectivity index (χ1) is 37.2. The molecule has 8 atom stereocenters. The zero-order chi connectivity index (χ0) is 55.4. The van der Waals surface area contributed by atoms with Crippen molar-refractivity contribution >= 4 is 11.9 Å². The second-order valence-electron chi connectivity index (χ2n) is 22.1. The van der Waals surface area contributed by atoms with Crippen LogP contribution in [0.5, 0.6) is 0 Å². The molecule has 8 unspecified atom stereocenters. The minimum Gasteiger partial charge on any atom is -0.454 e. The third-order valence-corrected chi connectivity index (χ3v) is 15.0. The molecule has 76 heavy (non-hydrogen) atoms. The lowest BCUT2D eigenvalue weighted by molar-refractivity contribution is -0.305. The number of rotatable bonds is 54. The number of hydrogen-bond acceptors (Lipinski definition) is 10. The molecule has 1 saturated heterocycles. The van der Waals surface area contributed by atoms with Crippen LogP contribution in [-0.4, -0.2) is 99.6 Å². The first-order valence-corrected chi connectivity index (χ1v) is 31.9. The molecule has 0 radical (unpaired) electrons. The van der Waals surface area contributed by atoms with Gasteiger partial charge in [0.2, 0.25) is 5.91 Å². The minimum absolute atomic E-state index is 0.0186. The summed E-state index contributed by atoms with van der Waals surface area (Å²) in [6.45, 7) is 5.76. The standard InChI is InChI=1S/C65H119NO10/c1-4-7-10-13-16-19-22-25-26-27-28-29-30-31-32-33-35-37-40-43-46-49-52-58(69)64(73)66-56(57(68)51-48-45-42-39-36-24-21-18-15-12-9-6-3)55-74-65-63(62(72)61(71)59(54-67)75-65)76-60(70)53-50-47-44-41-38-34-23-20-17-14-11-8-5-2/h25-26,34,38,44,47-48,51,56-59,61-63,65,67-69,71-72H,4-24,27-33,35-37,39-43,45-46,49-50,52-55H2,1-3H3,(H,66,73)/b26-25+,38-34-,47-44+,51-48+. The molecule has 11 heteroatoms. The maximum atomic E-state index is 13.4. The second kappa shape index (κ2) is 53.3. The number of unbranched alkanes of at least 4 members (excludes halogenated alkanes) is 34. The number of esters is 1. The molecule has 0 aliphatic carbocycles. The van der Waals surface area contributed by atoms with E-state index in [1.54, 1.807) is 6.08 Å². The molecule has 1 rings (SSSR count). The van der Waals surface area contributed by atoms with E-state index in [0.717, 1.165) is 51.4 Å². The molecule has 0 saturated carbocycles. The van der Waals surface area contributed by atoms with E-state index in [2.05, 4.69) is 50.4 Å². The fourth-order valence-electron chi connectivity index (χ4n) is 9.88. The van der Waals surface area contributed by atoms with Gasteiger partial charge in [-0.3, -0.25) is 9.59 Å². The molecule has 11 nitrogen and oxygen atoms in total. The molecule has 1 aliphatic rings. The first-order valence-electron chi connectivity index (χ1n) is 31.9. The van der Waals surface area contributed by atoms with E-state index in [-0.39, 0.29) is 19.4 Å². The highest BCUT2D eigenvalue weighted by Crippen LogP contribution is 2.26. The van der Waals surface area contributed by atoms with Gasteiger partial charge in [-0.1, -0.05) is 262 Å². The van der Waals surface area contributed by atoms with Gasteiger partial charge in [0.25, 0.3) is 0 Å². The number of carbonyl (C=O) groups is 2. The molecular weight excluding hydrogens is 955 g/mol. The Kier molecular flexibility index (Phi) is 50.2. The van der Waals surface area contributed by atoms with Gasteiger partial charge in [0, 0.05) is 6.42 Å². The van der Waals surface area contributed by atoms with Gasteiger partial charge in [0.05, 0.1) is 25.4 Å². The van der Waals surface area contributed by atoms with E-state index in [4.69, 9.17) is 14.2 Å². The Balaban J connectivity index is 2.65. The molecule has 6 N–H and O–H groups in total. The summed E-state index contributed by atoms with van der Waals surface area (Å²) in [5.74, 6) is -1.26. The van der Waals surface area contributed by atoms with E-state index < -0.39 is 67.4 Å². The Morgan fingerprint density at radius 3 is 1.36 bits per heavy atom. The molecule has 1 amide bonds. The monoisotopic (exact) mass is 1070 g/mol. The molecule has 0 spiro atoms. The van der Waals surface area contributed by atoms with Crippen LogP contribution in [-0.2, 0) is 23.8 Å². The molecule has 0 aromatic heterocycles. The maximum absolute atomic E-state index is 13.4. The van der Waals surface area contributed by atoms with Crippen molar-refractivity contribution < 1.29 is 49.3 Å². The maximum Gasteiger partial charge on any atom is 0.306 e. The Hall–Kier alpha value is -2.38. The summed E-state index contributed by atoms with van der Waals surface area (Å²) in [6, 6.07) is -1.03. The topological polar surface area (TPSA) is 175 Å². The number of carbonyl (C=O) groups excluding carboxylic acids is 2. The van der Waals surface area contributed by atoms with Crippen LogP contribution < -0.4 is 5.32 Å². The van der Waals surface area contributed by atoms with Crippen molar-refractivity contribution in [2.45, 2.75) is 339 Å². The van der Waals surface area contributed by atoms with Crippen LogP contribution in [0.25, 0.3) is 0 Å². The predicted octanol–water partition coefficient (Wildman–Crippen LogP) is 15.2. The number of aliphatic hydroxyl groups is 5. The summed E-state index contributed by atoms with van der Waals surface area (Å²) >= 11 is 0. The van der Waals surface area contributed by atoms with Crippen LogP contribution in [0.15, 0.2) is 48.6 Å². The van der Waals surface area contributed by atoms with Gasteiger partial charge in [0.1, 0.15) is 24.4 Å². The molecule has 0 aromatic carbocycles. The highest BCUT2D eigenvalue weighted by Gasteiger charge is 2.47. The van der Waals surface area contributed by atoms with Crippen molar-refractivity contribution in [1.29, 1.82) is 0 Å².